The molecule has 0 heterocycles. The van der Waals surface area contributed by atoms with E-state index in [-0.39, 0.29) is 0 Å². The smallest absolute Gasteiger partial charge is 0.146 e. The van der Waals surface area contributed by atoms with Crippen LogP contribution in [0.15, 0.2) is 0 Å². The third-order valence-electron chi connectivity index (χ3n) is 2.35. The summed E-state index contributed by atoms with van der Waals surface area (Å²) < 4.78 is 10.6. The van der Waals surface area contributed by atoms with Crippen molar-refractivity contribution in [1.82, 2.24) is 0 Å². The topological polar surface area (TPSA) is 18.5 Å². The van der Waals surface area contributed by atoms with Gasteiger partial charge in [0.2, 0.25) is 0 Å². The van der Waals surface area contributed by atoms with Gasteiger partial charge in [-0.1, -0.05) is 52.4 Å². The van der Waals surface area contributed by atoms with Crippen molar-refractivity contribution < 1.29 is 9.47 Å². The van der Waals surface area contributed by atoms with Gasteiger partial charge in [-0.2, -0.15) is 0 Å². The number of hydrogen-bond donors (Lipinski definition) is 0. The summed E-state index contributed by atoms with van der Waals surface area (Å²) in [5, 5.41) is 0. The Morgan fingerprint density at radius 3 is 2.07 bits per heavy atom. The number of hydrogen-bond acceptors (Lipinski definition) is 2. The van der Waals surface area contributed by atoms with Crippen LogP contribution >= 0.6 is 0 Å². The van der Waals surface area contributed by atoms with Crippen LogP contribution in [0.1, 0.15) is 58.3 Å². The van der Waals surface area contributed by atoms with Gasteiger partial charge in [0, 0.05) is 13.2 Å². The first-order chi connectivity index (χ1) is 7.41. The summed E-state index contributed by atoms with van der Waals surface area (Å²) in [7, 11) is 0. The van der Waals surface area contributed by atoms with Crippen LogP contribution in [0.3, 0.4) is 0 Å². The van der Waals surface area contributed by atoms with Crippen LogP contribution in [0.5, 0.6) is 0 Å². The Morgan fingerprint density at radius 1 is 0.800 bits per heavy atom. The van der Waals surface area contributed by atoms with E-state index in [1.54, 1.807) is 0 Å². The molecule has 0 fully saturated rings. The van der Waals surface area contributed by atoms with Crippen molar-refractivity contribution in [2.24, 2.45) is 0 Å². The Hall–Kier alpha value is -0.0800. The largest absolute Gasteiger partial charge is 0.355 e. The lowest BCUT2D eigenvalue weighted by Crippen LogP contribution is -2.02. The molecule has 0 aliphatic rings. The normalized spacial score (nSPS) is 10.8. The fourth-order valence-corrected chi connectivity index (χ4v) is 1.37. The molecule has 0 atom stereocenters. The van der Waals surface area contributed by atoms with E-state index in [1.165, 1.54) is 38.5 Å². The lowest BCUT2D eigenvalue weighted by molar-refractivity contribution is -0.0550. The fraction of sp³-hybridized carbons (Fsp3) is 0.923. The first kappa shape index (κ1) is 14.9. The molecule has 0 spiro atoms. The minimum Gasteiger partial charge on any atom is -0.355 e. The highest BCUT2D eigenvalue weighted by Crippen LogP contribution is 2.04. The van der Waals surface area contributed by atoms with Gasteiger partial charge in [-0.05, 0) is 12.8 Å². The molecular weight excluding hydrogens is 188 g/mol. The molecule has 91 valence electrons. The minimum atomic E-state index is 0.453. The Bertz CT molecular complexity index is 92.7. The Balaban J connectivity index is 2.81. The average molecular weight is 215 g/mol. The summed E-state index contributed by atoms with van der Waals surface area (Å²) >= 11 is 0. The molecule has 0 bridgehead atoms. The van der Waals surface area contributed by atoms with Gasteiger partial charge in [0.25, 0.3) is 0 Å². The quantitative estimate of drug-likeness (QED) is 0.362. The lowest BCUT2D eigenvalue weighted by atomic mass is 10.1. The Morgan fingerprint density at radius 2 is 1.40 bits per heavy atom. The summed E-state index contributed by atoms with van der Waals surface area (Å²) in [6.45, 7) is 8.06. The van der Waals surface area contributed by atoms with E-state index in [4.69, 9.17) is 9.47 Å². The van der Waals surface area contributed by atoms with E-state index in [2.05, 4.69) is 13.8 Å². The molecule has 0 aromatic carbocycles. The minimum absolute atomic E-state index is 0.453. The van der Waals surface area contributed by atoms with Crippen molar-refractivity contribution in [1.29, 1.82) is 0 Å². The summed E-state index contributed by atoms with van der Waals surface area (Å²) in [6.07, 6.45) is 9.83. The zero-order valence-corrected chi connectivity index (χ0v) is 10.3. The van der Waals surface area contributed by atoms with Gasteiger partial charge in [0.1, 0.15) is 6.79 Å². The van der Waals surface area contributed by atoms with Crippen molar-refractivity contribution in [2.75, 3.05) is 20.0 Å². The Kier molecular flexibility index (Phi) is 13.8. The fourth-order valence-electron chi connectivity index (χ4n) is 1.37. The predicted octanol–water partition coefficient (Wildman–Crippen LogP) is 3.95. The molecule has 2 heteroatoms. The van der Waals surface area contributed by atoms with Crippen molar-refractivity contribution >= 4 is 0 Å². The number of unbranched alkanes of at least 4 members (excludes halogenated alkanes) is 6. The van der Waals surface area contributed by atoms with E-state index >= 15 is 0 Å². The van der Waals surface area contributed by atoms with Gasteiger partial charge in [-0.15, -0.1) is 0 Å². The molecule has 0 aromatic rings. The molecule has 0 aliphatic heterocycles. The van der Waals surface area contributed by atoms with Gasteiger partial charge < -0.3 is 9.47 Å². The highest BCUT2D eigenvalue weighted by atomic mass is 16.7. The van der Waals surface area contributed by atoms with E-state index in [0.29, 0.717) is 6.79 Å². The number of ether oxygens (including phenoxy) is 2. The SMILES string of the molecule is [CH2]CCCOCOCCCCCCCC. The second kappa shape index (κ2) is 13.9. The van der Waals surface area contributed by atoms with Gasteiger partial charge in [-0.25, -0.2) is 0 Å². The molecule has 0 rings (SSSR count). The van der Waals surface area contributed by atoms with Gasteiger partial charge in [-0.3, -0.25) is 0 Å². The Labute approximate surface area is 95.3 Å². The van der Waals surface area contributed by atoms with Crippen molar-refractivity contribution in [3.05, 3.63) is 6.92 Å². The summed E-state index contributed by atoms with van der Waals surface area (Å²) in [4.78, 5) is 0. The molecular formula is C13H27O2. The maximum absolute atomic E-state index is 5.34. The van der Waals surface area contributed by atoms with Gasteiger partial charge in [0.15, 0.2) is 0 Å². The molecule has 0 saturated heterocycles. The average Bonchev–Trinajstić information content (AvgIpc) is 2.26. The van der Waals surface area contributed by atoms with Crippen LogP contribution in [0.4, 0.5) is 0 Å². The standard InChI is InChI=1S/C13H27O2/c1-3-5-7-8-9-10-12-15-13-14-11-6-4-2/h2-13H2,1H3. The summed E-state index contributed by atoms with van der Waals surface area (Å²) in [6, 6.07) is 0. The maximum atomic E-state index is 5.34. The first-order valence-electron chi connectivity index (χ1n) is 6.36. The highest BCUT2D eigenvalue weighted by molar-refractivity contribution is 4.43. The molecule has 0 saturated carbocycles. The summed E-state index contributed by atoms with van der Waals surface area (Å²) in [5.41, 5.74) is 0. The predicted molar refractivity (Wildman–Crippen MR) is 64.7 cm³/mol. The van der Waals surface area contributed by atoms with Crippen molar-refractivity contribution in [3.8, 4) is 0 Å². The molecule has 2 nitrogen and oxygen atoms in total. The second-order valence-corrected chi connectivity index (χ2v) is 3.91. The van der Waals surface area contributed by atoms with Crippen LogP contribution in [0, 0.1) is 6.92 Å². The molecule has 15 heavy (non-hydrogen) atoms. The van der Waals surface area contributed by atoms with E-state index in [1.807, 2.05) is 0 Å². The molecule has 0 N–H and O–H groups in total. The van der Waals surface area contributed by atoms with Crippen molar-refractivity contribution in [3.63, 3.8) is 0 Å². The monoisotopic (exact) mass is 215 g/mol. The van der Waals surface area contributed by atoms with Crippen LogP contribution in [-0.4, -0.2) is 20.0 Å². The molecule has 0 amide bonds. The van der Waals surface area contributed by atoms with Crippen LogP contribution in [0.25, 0.3) is 0 Å². The van der Waals surface area contributed by atoms with Gasteiger partial charge in [0.05, 0.1) is 0 Å². The summed E-state index contributed by atoms with van der Waals surface area (Å²) in [5.74, 6) is 0. The van der Waals surface area contributed by atoms with Gasteiger partial charge >= 0.3 is 0 Å². The zero-order chi connectivity index (χ0) is 11.2. The third kappa shape index (κ3) is 13.9. The van der Waals surface area contributed by atoms with Crippen LogP contribution < -0.4 is 0 Å². The highest BCUT2D eigenvalue weighted by Gasteiger charge is 1.91. The van der Waals surface area contributed by atoms with E-state index < -0.39 is 0 Å². The lowest BCUT2D eigenvalue weighted by Gasteiger charge is -2.05. The van der Waals surface area contributed by atoms with E-state index in [9.17, 15) is 0 Å². The third-order valence-corrected chi connectivity index (χ3v) is 2.35. The van der Waals surface area contributed by atoms with Crippen LogP contribution in [-0.2, 0) is 9.47 Å². The molecule has 1 radical (unpaired) electrons. The number of rotatable bonds is 12. The zero-order valence-electron chi connectivity index (χ0n) is 10.3. The molecule has 0 unspecified atom stereocenters. The molecule has 0 aromatic heterocycles. The maximum Gasteiger partial charge on any atom is 0.146 e. The second-order valence-electron chi connectivity index (χ2n) is 3.91. The molecule has 0 aliphatic carbocycles. The van der Waals surface area contributed by atoms with E-state index in [0.717, 1.165) is 26.1 Å². The van der Waals surface area contributed by atoms with Crippen molar-refractivity contribution in [2.45, 2.75) is 58.3 Å². The first-order valence-corrected chi connectivity index (χ1v) is 6.36. The van der Waals surface area contributed by atoms with Crippen LogP contribution in [0.2, 0.25) is 0 Å².